The van der Waals surface area contributed by atoms with Gasteiger partial charge in [-0.05, 0) is 31.0 Å². The minimum Gasteiger partial charge on any atom is -0.481 e. The average Bonchev–Trinajstić information content (AvgIpc) is 2.44. The number of hydrogen-bond acceptors (Lipinski definition) is 2. The Morgan fingerprint density at radius 1 is 1.43 bits per heavy atom. The number of carboxylic acids is 1. The van der Waals surface area contributed by atoms with Crippen LogP contribution < -0.4 is 5.32 Å². The van der Waals surface area contributed by atoms with Gasteiger partial charge in [-0.1, -0.05) is 19.1 Å². The molecule has 0 bridgehead atoms. The van der Waals surface area contributed by atoms with Crippen LogP contribution in [0.25, 0.3) is 0 Å². The van der Waals surface area contributed by atoms with Crippen LogP contribution in [0.1, 0.15) is 19.4 Å². The zero-order valence-corrected chi connectivity index (χ0v) is 12.3. The third kappa shape index (κ3) is 5.81. The maximum absolute atomic E-state index is 13.0. The Bertz CT molecular complexity index is 494. The lowest BCUT2D eigenvalue weighted by Gasteiger charge is -2.23. The van der Waals surface area contributed by atoms with E-state index in [2.05, 4.69) is 5.32 Å². The number of hydrogen-bond donors (Lipinski definition) is 2. The molecule has 2 N–H and O–H groups in total. The normalized spacial score (nSPS) is 11.8. The van der Waals surface area contributed by atoms with E-state index in [1.807, 2.05) is 0 Å². The standard InChI is InChI=1S/C15H21FN2O3/c1-3-18(10-11(2)14(19)20)15(21)17-8-7-12-5-4-6-13(16)9-12/h4-6,9,11H,3,7-8,10H2,1-2H3,(H,17,21)(H,19,20). The van der Waals surface area contributed by atoms with Gasteiger partial charge in [0.15, 0.2) is 0 Å². The number of halogens is 1. The van der Waals surface area contributed by atoms with Crippen molar-refractivity contribution in [2.75, 3.05) is 19.6 Å². The van der Waals surface area contributed by atoms with Crippen molar-refractivity contribution < 1.29 is 19.1 Å². The minimum absolute atomic E-state index is 0.164. The third-order valence-electron chi connectivity index (χ3n) is 3.16. The molecule has 1 unspecified atom stereocenters. The van der Waals surface area contributed by atoms with Gasteiger partial charge in [0.1, 0.15) is 5.82 Å². The SMILES string of the molecule is CCN(CC(C)C(=O)O)C(=O)NCCc1cccc(F)c1. The van der Waals surface area contributed by atoms with Gasteiger partial charge < -0.3 is 15.3 Å². The van der Waals surface area contributed by atoms with Crippen molar-refractivity contribution >= 4 is 12.0 Å². The molecule has 6 heteroatoms. The highest BCUT2D eigenvalue weighted by atomic mass is 19.1. The van der Waals surface area contributed by atoms with Crippen molar-refractivity contribution in [3.8, 4) is 0 Å². The van der Waals surface area contributed by atoms with Crippen LogP contribution in [0.4, 0.5) is 9.18 Å². The number of carbonyl (C=O) groups is 2. The molecule has 1 atom stereocenters. The lowest BCUT2D eigenvalue weighted by Crippen LogP contribution is -2.43. The van der Waals surface area contributed by atoms with Crippen LogP contribution in [0.3, 0.4) is 0 Å². The van der Waals surface area contributed by atoms with E-state index in [0.717, 1.165) is 5.56 Å². The van der Waals surface area contributed by atoms with Crippen LogP contribution in [0.15, 0.2) is 24.3 Å². The number of carboxylic acid groups (broad SMARTS) is 1. The van der Waals surface area contributed by atoms with Crippen LogP contribution in [0.2, 0.25) is 0 Å². The van der Waals surface area contributed by atoms with E-state index in [-0.39, 0.29) is 18.4 Å². The fourth-order valence-corrected chi connectivity index (χ4v) is 1.88. The summed E-state index contributed by atoms with van der Waals surface area (Å²) in [6.45, 7) is 4.33. The van der Waals surface area contributed by atoms with Gasteiger partial charge in [0.2, 0.25) is 0 Å². The van der Waals surface area contributed by atoms with Gasteiger partial charge >= 0.3 is 12.0 Å². The lowest BCUT2D eigenvalue weighted by molar-refractivity contribution is -0.141. The second-order valence-corrected chi connectivity index (χ2v) is 4.89. The van der Waals surface area contributed by atoms with E-state index >= 15 is 0 Å². The quantitative estimate of drug-likeness (QED) is 0.809. The molecule has 1 aromatic rings. The molecule has 116 valence electrons. The van der Waals surface area contributed by atoms with Gasteiger partial charge in [0.25, 0.3) is 0 Å². The lowest BCUT2D eigenvalue weighted by atomic mass is 10.1. The molecule has 0 aliphatic rings. The number of carbonyl (C=O) groups excluding carboxylic acids is 1. The highest BCUT2D eigenvalue weighted by Crippen LogP contribution is 2.04. The van der Waals surface area contributed by atoms with Crippen LogP contribution in [0, 0.1) is 11.7 Å². The van der Waals surface area contributed by atoms with E-state index in [0.29, 0.717) is 19.5 Å². The number of rotatable bonds is 7. The highest BCUT2D eigenvalue weighted by molar-refractivity contribution is 5.75. The Morgan fingerprint density at radius 2 is 2.14 bits per heavy atom. The van der Waals surface area contributed by atoms with E-state index in [1.165, 1.54) is 17.0 Å². The Morgan fingerprint density at radius 3 is 2.71 bits per heavy atom. The minimum atomic E-state index is -0.930. The topological polar surface area (TPSA) is 69.6 Å². The summed E-state index contributed by atoms with van der Waals surface area (Å²) in [7, 11) is 0. The molecule has 0 fully saturated rings. The molecule has 0 aromatic heterocycles. The van der Waals surface area contributed by atoms with Crippen molar-refractivity contribution in [3.05, 3.63) is 35.6 Å². The molecule has 1 aromatic carbocycles. The maximum atomic E-state index is 13.0. The van der Waals surface area contributed by atoms with E-state index in [1.54, 1.807) is 26.0 Å². The molecular weight excluding hydrogens is 275 g/mol. The van der Waals surface area contributed by atoms with Crippen LogP contribution >= 0.6 is 0 Å². The summed E-state index contributed by atoms with van der Waals surface area (Å²) in [4.78, 5) is 24.2. The summed E-state index contributed by atoms with van der Waals surface area (Å²) >= 11 is 0. The van der Waals surface area contributed by atoms with E-state index in [9.17, 15) is 14.0 Å². The number of urea groups is 1. The second-order valence-electron chi connectivity index (χ2n) is 4.89. The van der Waals surface area contributed by atoms with Gasteiger partial charge in [-0.15, -0.1) is 0 Å². The van der Waals surface area contributed by atoms with Crippen molar-refractivity contribution in [1.29, 1.82) is 0 Å². The summed E-state index contributed by atoms with van der Waals surface area (Å²) in [5.41, 5.74) is 0.803. The zero-order chi connectivity index (χ0) is 15.8. The molecule has 5 nitrogen and oxygen atoms in total. The first-order valence-corrected chi connectivity index (χ1v) is 6.94. The Hall–Kier alpha value is -2.11. The summed E-state index contributed by atoms with van der Waals surface area (Å²) in [5, 5.41) is 11.6. The number of amides is 2. The number of nitrogens with zero attached hydrogens (tertiary/aromatic N) is 1. The second kappa shape index (κ2) is 8.24. The predicted octanol–water partition coefficient (Wildman–Crippen LogP) is 2.12. The Balaban J connectivity index is 2.42. The largest absolute Gasteiger partial charge is 0.481 e. The number of benzene rings is 1. The molecule has 0 aliphatic heterocycles. The smallest absolute Gasteiger partial charge is 0.317 e. The molecule has 21 heavy (non-hydrogen) atoms. The summed E-state index contributed by atoms with van der Waals surface area (Å²) in [6.07, 6.45) is 0.523. The molecule has 2 amide bonds. The van der Waals surface area contributed by atoms with Crippen molar-refractivity contribution in [1.82, 2.24) is 10.2 Å². The first-order chi connectivity index (χ1) is 9.93. The molecule has 0 saturated heterocycles. The monoisotopic (exact) mass is 296 g/mol. The predicted molar refractivity (Wildman–Crippen MR) is 77.5 cm³/mol. The van der Waals surface area contributed by atoms with Gasteiger partial charge in [-0.25, -0.2) is 9.18 Å². The molecule has 1 rings (SSSR count). The Labute approximate surface area is 123 Å². The van der Waals surface area contributed by atoms with Crippen molar-refractivity contribution in [2.45, 2.75) is 20.3 Å². The highest BCUT2D eigenvalue weighted by Gasteiger charge is 2.18. The molecular formula is C15H21FN2O3. The molecule has 0 radical (unpaired) electrons. The fourth-order valence-electron chi connectivity index (χ4n) is 1.88. The number of nitrogens with one attached hydrogen (secondary N) is 1. The summed E-state index contributed by atoms with van der Waals surface area (Å²) < 4.78 is 13.0. The Kier molecular flexibility index (Phi) is 6.65. The van der Waals surface area contributed by atoms with Gasteiger partial charge in [0, 0.05) is 19.6 Å². The number of aliphatic carboxylic acids is 1. The van der Waals surface area contributed by atoms with Gasteiger partial charge in [-0.3, -0.25) is 4.79 Å². The first kappa shape index (κ1) is 16.9. The van der Waals surface area contributed by atoms with Crippen LogP contribution in [-0.2, 0) is 11.2 Å². The van der Waals surface area contributed by atoms with Crippen LogP contribution in [0.5, 0.6) is 0 Å². The summed E-state index contributed by atoms with van der Waals surface area (Å²) in [6, 6.07) is 5.91. The van der Waals surface area contributed by atoms with Crippen molar-refractivity contribution in [3.63, 3.8) is 0 Å². The van der Waals surface area contributed by atoms with E-state index < -0.39 is 11.9 Å². The molecule has 0 spiro atoms. The molecule has 0 heterocycles. The van der Waals surface area contributed by atoms with Gasteiger partial charge in [0.05, 0.1) is 5.92 Å². The maximum Gasteiger partial charge on any atom is 0.317 e. The average molecular weight is 296 g/mol. The molecule has 0 aliphatic carbocycles. The van der Waals surface area contributed by atoms with E-state index in [4.69, 9.17) is 5.11 Å². The zero-order valence-electron chi connectivity index (χ0n) is 12.3. The van der Waals surface area contributed by atoms with Crippen LogP contribution in [-0.4, -0.2) is 41.6 Å². The third-order valence-corrected chi connectivity index (χ3v) is 3.16. The first-order valence-electron chi connectivity index (χ1n) is 6.94. The summed E-state index contributed by atoms with van der Waals surface area (Å²) in [5.74, 6) is -1.84. The van der Waals surface area contributed by atoms with Crippen molar-refractivity contribution in [2.24, 2.45) is 5.92 Å². The fraction of sp³-hybridized carbons (Fsp3) is 0.467. The van der Waals surface area contributed by atoms with Gasteiger partial charge in [-0.2, -0.15) is 0 Å². The molecule has 0 saturated carbocycles.